The second-order valence-corrected chi connectivity index (χ2v) is 6.95. The third kappa shape index (κ3) is 2.88. The molecule has 0 bridgehead atoms. The van der Waals surface area contributed by atoms with Gasteiger partial charge in [-0.2, -0.15) is 5.10 Å². The number of halogens is 2. The van der Waals surface area contributed by atoms with E-state index in [2.05, 4.69) is 10.4 Å². The van der Waals surface area contributed by atoms with Gasteiger partial charge in [-0.25, -0.2) is 9.07 Å². The summed E-state index contributed by atoms with van der Waals surface area (Å²) >= 11 is 5.96. The predicted molar refractivity (Wildman–Crippen MR) is 99.1 cm³/mol. The first kappa shape index (κ1) is 16.8. The van der Waals surface area contributed by atoms with Crippen molar-refractivity contribution in [3.8, 4) is 5.69 Å². The molecule has 4 rings (SSSR count). The number of rotatable bonds is 4. The molecule has 0 radical (unpaired) electrons. The second-order valence-electron chi connectivity index (χ2n) is 6.51. The van der Waals surface area contributed by atoms with Crippen LogP contribution in [-0.4, -0.2) is 15.7 Å². The number of carbonyl (C=O) groups excluding carboxylic acids is 1. The molecule has 1 aromatic heterocycles. The molecule has 2 aromatic carbocycles. The fraction of sp³-hybridized carbons (Fsp3) is 0.200. The highest BCUT2D eigenvalue weighted by molar-refractivity contribution is 6.30. The highest BCUT2D eigenvalue weighted by atomic mass is 35.5. The summed E-state index contributed by atoms with van der Waals surface area (Å²) in [6, 6.07) is 13.7. The van der Waals surface area contributed by atoms with Crippen LogP contribution < -0.4 is 5.32 Å². The van der Waals surface area contributed by atoms with Crippen LogP contribution in [0.1, 0.15) is 24.8 Å². The zero-order valence-corrected chi connectivity index (χ0v) is 14.7. The Labute approximate surface area is 155 Å². The lowest BCUT2D eigenvalue weighted by atomic mass is 9.64. The molecular weight excluding hydrogens is 353 g/mol. The monoisotopic (exact) mass is 369 g/mol. The summed E-state index contributed by atoms with van der Waals surface area (Å²) in [5, 5.41) is 7.53. The third-order valence-electron chi connectivity index (χ3n) is 5.00. The van der Waals surface area contributed by atoms with Crippen molar-refractivity contribution in [1.29, 1.82) is 0 Å². The Balaban J connectivity index is 1.57. The molecular formula is C20H17ClFN3O. The van der Waals surface area contributed by atoms with E-state index in [0.717, 1.165) is 24.8 Å². The maximum Gasteiger partial charge on any atom is 0.235 e. The van der Waals surface area contributed by atoms with Crippen LogP contribution in [0.3, 0.4) is 0 Å². The van der Waals surface area contributed by atoms with Gasteiger partial charge in [0.1, 0.15) is 5.69 Å². The van der Waals surface area contributed by atoms with Crippen LogP contribution in [-0.2, 0) is 10.2 Å². The van der Waals surface area contributed by atoms with Gasteiger partial charge >= 0.3 is 0 Å². The fourth-order valence-electron chi connectivity index (χ4n) is 3.38. The zero-order chi connectivity index (χ0) is 18.1. The van der Waals surface area contributed by atoms with Crippen molar-refractivity contribution in [3.63, 3.8) is 0 Å². The minimum absolute atomic E-state index is 0.114. The van der Waals surface area contributed by atoms with Gasteiger partial charge in [0.25, 0.3) is 0 Å². The average Bonchev–Trinajstić information content (AvgIpc) is 3.10. The van der Waals surface area contributed by atoms with Gasteiger partial charge in [-0.05, 0) is 54.8 Å². The Morgan fingerprint density at radius 3 is 2.54 bits per heavy atom. The van der Waals surface area contributed by atoms with Gasteiger partial charge in [-0.3, -0.25) is 4.79 Å². The number of aromatic nitrogens is 2. The predicted octanol–water partition coefficient (Wildman–Crippen LogP) is 4.73. The van der Waals surface area contributed by atoms with Gasteiger partial charge in [0.15, 0.2) is 5.82 Å². The van der Waals surface area contributed by atoms with E-state index in [1.807, 2.05) is 12.1 Å². The smallest absolute Gasteiger partial charge is 0.235 e. The first-order valence-corrected chi connectivity index (χ1v) is 8.83. The van der Waals surface area contributed by atoms with E-state index in [1.165, 1.54) is 10.7 Å². The lowest BCUT2D eigenvalue weighted by Gasteiger charge is -2.40. The van der Waals surface area contributed by atoms with Gasteiger partial charge in [-0.15, -0.1) is 0 Å². The van der Waals surface area contributed by atoms with E-state index in [0.29, 0.717) is 16.4 Å². The topological polar surface area (TPSA) is 46.9 Å². The number of amides is 1. The van der Waals surface area contributed by atoms with E-state index < -0.39 is 11.2 Å². The zero-order valence-electron chi connectivity index (χ0n) is 14.0. The van der Waals surface area contributed by atoms with Gasteiger partial charge in [0.05, 0.1) is 5.41 Å². The Bertz CT molecular complexity index is 934. The molecule has 1 fully saturated rings. The van der Waals surface area contributed by atoms with Crippen LogP contribution in [0.15, 0.2) is 60.9 Å². The Morgan fingerprint density at radius 2 is 1.96 bits per heavy atom. The van der Waals surface area contributed by atoms with Crippen molar-refractivity contribution in [2.24, 2.45) is 0 Å². The normalized spacial score (nSPS) is 15.3. The number of carbonyl (C=O) groups is 1. The van der Waals surface area contributed by atoms with Crippen molar-refractivity contribution in [3.05, 3.63) is 77.3 Å². The van der Waals surface area contributed by atoms with Crippen LogP contribution in [0.25, 0.3) is 5.69 Å². The molecule has 1 amide bonds. The van der Waals surface area contributed by atoms with Crippen LogP contribution in [0.2, 0.25) is 5.02 Å². The lowest BCUT2D eigenvalue weighted by Crippen LogP contribution is -2.46. The number of benzene rings is 2. The second kappa shape index (κ2) is 6.57. The minimum atomic E-state index is -0.568. The number of anilines is 1. The molecule has 1 saturated carbocycles. The average molecular weight is 370 g/mol. The molecule has 1 N–H and O–H groups in total. The van der Waals surface area contributed by atoms with E-state index in [1.54, 1.807) is 42.7 Å². The highest BCUT2D eigenvalue weighted by Gasteiger charge is 2.45. The third-order valence-corrected chi connectivity index (χ3v) is 5.25. The molecule has 26 heavy (non-hydrogen) atoms. The standard InChI is InChI=1S/C20H17ClFN3O/c21-15-5-3-14(4-6-15)20(9-1-10-20)19(26)24-16-7-8-18(17(22)13-16)25-12-2-11-23-25/h2-8,11-13H,1,9-10H2,(H,24,26). The number of hydrogen-bond acceptors (Lipinski definition) is 2. The summed E-state index contributed by atoms with van der Waals surface area (Å²) in [6.07, 6.45) is 5.79. The van der Waals surface area contributed by atoms with E-state index in [-0.39, 0.29) is 5.91 Å². The summed E-state index contributed by atoms with van der Waals surface area (Å²) in [4.78, 5) is 12.9. The minimum Gasteiger partial charge on any atom is -0.325 e. The van der Waals surface area contributed by atoms with Crippen molar-refractivity contribution < 1.29 is 9.18 Å². The quantitative estimate of drug-likeness (QED) is 0.723. The molecule has 132 valence electrons. The van der Waals surface area contributed by atoms with Gasteiger partial charge in [0, 0.05) is 23.1 Å². The van der Waals surface area contributed by atoms with Crippen LogP contribution in [0.4, 0.5) is 10.1 Å². The summed E-state index contributed by atoms with van der Waals surface area (Å²) < 4.78 is 15.8. The first-order chi connectivity index (χ1) is 12.6. The van der Waals surface area contributed by atoms with Crippen LogP contribution >= 0.6 is 11.6 Å². The number of nitrogens with one attached hydrogen (secondary N) is 1. The van der Waals surface area contributed by atoms with Crippen LogP contribution in [0.5, 0.6) is 0 Å². The molecule has 0 saturated heterocycles. The summed E-state index contributed by atoms with van der Waals surface area (Å²) in [6.45, 7) is 0. The Morgan fingerprint density at radius 1 is 1.19 bits per heavy atom. The molecule has 3 aromatic rings. The Hall–Kier alpha value is -2.66. The molecule has 1 aliphatic carbocycles. The SMILES string of the molecule is O=C(Nc1ccc(-n2cccn2)c(F)c1)C1(c2ccc(Cl)cc2)CCC1. The van der Waals surface area contributed by atoms with E-state index >= 15 is 0 Å². The number of hydrogen-bond donors (Lipinski definition) is 1. The molecule has 1 heterocycles. The van der Waals surface area contributed by atoms with Gasteiger partial charge in [-0.1, -0.05) is 30.2 Å². The molecule has 4 nitrogen and oxygen atoms in total. The molecule has 6 heteroatoms. The fourth-order valence-corrected chi connectivity index (χ4v) is 3.50. The summed E-state index contributed by atoms with van der Waals surface area (Å²) in [5.41, 5.74) is 1.15. The highest BCUT2D eigenvalue weighted by Crippen LogP contribution is 2.45. The van der Waals surface area contributed by atoms with Crippen molar-refractivity contribution in [2.45, 2.75) is 24.7 Å². The van der Waals surface area contributed by atoms with Crippen molar-refractivity contribution in [1.82, 2.24) is 9.78 Å². The van der Waals surface area contributed by atoms with Gasteiger partial charge < -0.3 is 5.32 Å². The van der Waals surface area contributed by atoms with Crippen molar-refractivity contribution >= 4 is 23.2 Å². The summed E-state index contributed by atoms with van der Waals surface area (Å²) in [7, 11) is 0. The van der Waals surface area contributed by atoms with E-state index in [4.69, 9.17) is 11.6 Å². The van der Waals surface area contributed by atoms with Crippen LogP contribution in [0, 0.1) is 5.82 Å². The maximum atomic E-state index is 14.4. The molecule has 0 unspecified atom stereocenters. The Kier molecular flexibility index (Phi) is 4.24. The molecule has 1 aliphatic rings. The van der Waals surface area contributed by atoms with Crippen molar-refractivity contribution in [2.75, 3.05) is 5.32 Å². The lowest BCUT2D eigenvalue weighted by molar-refractivity contribution is -0.124. The first-order valence-electron chi connectivity index (χ1n) is 8.46. The molecule has 0 spiro atoms. The molecule has 0 aliphatic heterocycles. The maximum absolute atomic E-state index is 14.4. The van der Waals surface area contributed by atoms with Gasteiger partial charge in [0.2, 0.25) is 5.91 Å². The molecule has 0 atom stereocenters. The number of nitrogens with zero attached hydrogens (tertiary/aromatic N) is 2. The largest absolute Gasteiger partial charge is 0.325 e. The summed E-state index contributed by atoms with van der Waals surface area (Å²) in [5.74, 6) is -0.557. The van der Waals surface area contributed by atoms with E-state index in [9.17, 15) is 9.18 Å².